The van der Waals surface area contributed by atoms with Crippen molar-refractivity contribution in [2.75, 3.05) is 31.8 Å². The van der Waals surface area contributed by atoms with Gasteiger partial charge in [0.2, 0.25) is 5.90 Å². The van der Waals surface area contributed by atoms with Gasteiger partial charge in [0.1, 0.15) is 12.2 Å². The van der Waals surface area contributed by atoms with Crippen molar-refractivity contribution in [1.29, 1.82) is 0 Å². The van der Waals surface area contributed by atoms with E-state index in [0.717, 1.165) is 6.07 Å². The Labute approximate surface area is 213 Å². The van der Waals surface area contributed by atoms with Crippen LogP contribution < -0.4 is 16.6 Å². The standard InChI is InChI=1S/C25H20ClF4N5O2/c1-32-23(37-2)18-9-13(3-8-20(18)31)17-10-14-11-19(27)21(33-12-25(28,29)30)34-22(14)35(24(17)36)16-6-4-15(26)5-7-16/h3-11H,12,31H2,1-2H3,(H,33,34). The summed E-state index contributed by atoms with van der Waals surface area (Å²) in [4.78, 5) is 21.9. The van der Waals surface area contributed by atoms with Crippen molar-refractivity contribution in [3.63, 3.8) is 0 Å². The highest BCUT2D eigenvalue weighted by Gasteiger charge is 2.28. The van der Waals surface area contributed by atoms with E-state index >= 15 is 0 Å². The zero-order chi connectivity index (χ0) is 26.9. The van der Waals surface area contributed by atoms with Crippen molar-refractivity contribution in [3.8, 4) is 16.8 Å². The van der Waals surface area contributed by atoms with Gasteiger partial charge in [-0.2, -0.15) is 13.2 Å². The van der Waals surface area contributed by atoms with Crippen LogP contribution in [-0.4, -0.2) is 42.3 Å². The van der Waals surface area contributed by atoms with Crippen molar-refractivity contribution in [2.24, 2.45) is 4.99 Å². The van der Waals surface area contributed by atoms with Gasteiger partial charge in [0.05, 0.1) is 18.4 Å². The first-order valence-electron chi connectivity index (χ1n) is 10.8. The lowest BCUT2D eigenvalue weighted by atomic mass is 10.0. The zero-order valence-corrected chi connectivity index (χ0v) is 20.3. The van der Waals surface area contributed by atoms with Crippen LogP contribution in [0.4, 0.5) is 29.1 Å². The molecule has 4 aromatic rings. The third kappa shape index (κ3) is 5.36. The Morgan fingerprint density at radius 2 is 1.86 bits per heavy atom. The van der Waals surface area contributed by atoms with Gasteiger partial charge in [0.25, 0.3) is 5.56 Å². The smallest absolute Gasteiger partial charge is 0.405 e. The first-order chi connectivity index (χ1) is 17.5. The Morgan fingerprint density at radius 1 is 1.16 bits per heavy atom. The summed E-state index contributed by atoms with van der Waals surface area (Å²) in [7, 11) is 2.95. The fraction of sp³-hybridized carbons (Fsp3) is 0.160. The van der Waals surface area contributed by atoms with Gasteiger partial charge >= 0.3 is 6.18 Å². The second-order valence-corrected chi connectivity index (χ2v) is 8.35. The molecule has 0 atom stereocenters. The lowest BCUT2D eigenvalue weighted by Crippen LogP contribution is -2.24. The van der Waals surface area contributed by atoms with Gasteiger partial charge < -0.3 is 15.8 Å². The normalized spacial score (nSPS) is 12.1. The van der Waals surface area contributed by atoms with Gasteiger partial charge in [-0.3, -0.25) is 14.4 Å². The van der Waals surface area contributed by atoms with Crippen LogP contribution in [0.1, 0.15) is 5.56 Å². The van der Waals surface area contributed by atoms with Crippen LogP contribution in [-0.2, 0) is 4.74 Å². The fourth-order valence-electron chi connectivity index (χ4n) is 3.79. The summed E-state index contributed by atoms with van der Waals surface area (Å²) in [6, 6.07) is 13.4. The highest BCUT2D eigenvalue weighted by molar-refractivity contribution is 6.30. The molecule has 0 radical (unpaired) electrons. The molecule has 7 nitrogen and oxygen atoms in total. The number of anilines is 2. The van der Waals surface area contributed by atoms with E-state index in [1.165, 1.54) is 36.9 Å². The molecule has 0 saturated heterocycles. The maximum atomic E-state index is 14.8. The predicted molar refractivity (Wildman–Crippen MR) is 136 cm³/mol. The van der Waals surface area contributed by atoms with E-state index in [0.29, 0.717) is 27.5 Å². The van der Waals surface area contributed by atoms with Crippen LogP contribution in [0.25, 0.3) is 27.8 Å². The van der Waals surface area contributed by atoms with Crippen molar-refractivity contribution in [1.82, 2.24) is 9.55 Å². The van der Waals surface area contributed by atoms with Gasteiger partial charge in [-0.1, -0.05) is 17.7 Å². The summed E-state index contributed by atoms with van der Waals surface area (Å²) < 4.78 is 59.4. The minimum atomic E-state index is -4.60. The molecule has 0 fully saturated rings. The number of rotatable bonds is 5. The fourth-order valence-corrected chi connectivity index (χ4v) is 3.91. The van der Waals surface area contributed by atoms with Crippen molar-refractivity contribution in [2.45, 2.75) is 6.18 Å². The summed E-state index contributed by atoms with van der Waals surface area (Å²) in [6.07, 6.45) is -4.60. The van der Waals surface area contributed by atoms with Gasteiger partial charge in [-0.15, -0.1) is 0 Å². The average molecular weight is 534 g/mol. The first kappa shape index (κ1) is 26.0. The Balaban J connectivity index is 2.01. The van der Waals surface area contributed by atoms with E-state index in [1.807, 2.05) is 5.32 Å². The number of alkyl halides is 3. The molecule has 0 spiro atoms. The number of hydrogen-bond acceptors (Lipinski definition) is 6. The highest BCUT2D eigenvalue weighted by Crippen LogP contribution is 2.28. The number of nitrogens with two attached hydrogens (primary N) is 1. The molecule has 3 N–H and O–H groups in total. The van der Waals surface area contributed by atoms with Crippen LogP contribution >= 0.6 is 11.6 Å². The molecule has 12 heteroatoms. The number of ether oxygens (including phenoxy) is 1. The largest absolute Gasteiger partial charge is 0.481 e. The molecule has 2 heterocycles. The number of aromatic nitrogens is 2. The molecule has 0 saturated carbocycles. The molecule has 0 aliphatic heterocycles. The van der Waals surface area contributed by atoms with Crippen LogP contribution in [0.3, 0.4) is 0 Å². The lowest BCUT2D eigenvalue weighted by molar-refractivity contribution is -0.115. The monoisotopic (exact) mass is 533 g/mol. The molecule has 2 aromatic heterocycles. The molecule has 0 amide bonds. The van der Waals surface area contributed by atoms with Gasteiger partial charge in [-0.05, 0) is 54.1 Å². The number of pyridine rings is 2. The number of fused-ring (bicyclic) bond motifs is 1. The maximum Gasteiger partial charge on any atom is 0.405 e. The number of halogens is 5. The highest BCUT2D eigenvalue weighted by atomic mass is 35.5. The Hall–Kier alpha value is -4.12. The summed E-state index contributed by atoms with van der Waals surface area (Å²) >= 11 is 6.00. The van der Waals surface area contributed by atoms with E-state index < -0.39 is 29.9 Å². The van der Waals surface area contributed by atoms with Crippen LogP contribution in [0.15, 0.2) is 64.4 Å². The minimum absolute atomic E-state index is 0.0504. The number of nitrogens with zero attached hydrogens (tertiary/aromatic N) is 3. The van der Waals surface area contributed by atoms with Gasteiger partial charge in [0, 0.05) is 28.7 Å². The van der Waals surface area contributed by atoms with Gasteiger partial charge in [-0.25, -0.2) is 9.37 Å². The van der Waals surface area contributed by atoms with E-state index in [-0.39, 0.29) is 22.5 Å². The molecule has 0 bridgehead atoms. The molecular formula is C25H20ClF4N5O2. The number of nitrogen functional groups attached to an aromatic ring is 1. The number of methoxy groups -OCH3 is 1. The Bertz CT molecular complexity index is 1570. The second kappa shape index (κ2) is 10.1. The molecule has 192 valence electrons. The summed E-state index contributed by atoms with van der Waals surface area (Å²) in [6.45, 7) is -1.50. The number of benzene rings is 2. The maximum absolute atomic E-state index is 14.8. The van der Waals surface area contributed by atoms with Gasteiger partial charge in [0.15, 0.2) is 11.6 Å². The van der Waals surface area contributed by atoms with E-state index in [1.54, 1.807) is 30.3 Å². The quantitative estimate of drug-likeness (QED) is 0.154. The molecule has 2 aromatic carbocycles. The lowest BCUT2D eigenvalue weighted by Gasteiger charge is -2.16. The summed E-state index contributed by atoms with van der Waals surface area (Å²) in [5.41, 5.74) is 7.18. The molecule has 0 unspecified atom stereocenters. The minimum Gasteiger partial charge on any atom is -0.481 e. The molecule has 37 heavy (non-hydrogen) atoms. The second-order valence-electron chi connectivity index (χ2n) is 7.91. The van der Waals surface area contributed by atoms with Crippen LogP contribution in [0.2, 0.25) is 5.02 Å². The number of nitrogens with one attached hydrogen (secondary N) is 1. The molecule has 0 aliphatic rings. The topological polar surface area (TPSA) is 94.5 Å². The SMILES string of the molecule is CN=C(OC)c1cc(-c2cc3cc(F)c(NCC(F)(F)F)nc3n(-c3ccc(Cl)cc3)c2=O)ccc1N. The third-order valence-corrected chi connectivity index (χ3v) is 5.71. The predicted octanol–water partition coefficient (Wildman–Crippen LogP) is 5.42. The summed E-state index contributed by atoms with van der Waals surface area (Å²) in [5.74, 6) is -1.41. The number of aliphatic imine (C=N–C) groups is 1. The average Bonchev–Trinajstić information content (AvgIpc) is 2.85. The first-order valence-corrected chi connectivity index (χ1v) is 11.1. The third-order valence-electron chi connectivity index (χ3n) is 5.46. The Morgan fingerprint density at radius 3 is 2.49 bits per heavy atom. The Kier molecular flexibility index (Phi) is 7.08. The summed E-state index contributed by atoms with van der Waals surface area (Å²) in [5, 5.41) is 2.53. The van der Waals surface area contributed by atoms with E-state index in [4.69, 9.17) is 22.1 Å². The molecule has 4 rings (SSSR count). The van der Waals surface area contributed by atoms with Crippen molar-refractivity contribution >= 4 is 40.0 Å². The van der Waals surface area contributed by atoms with Crippen molar-refractivity contribution in [3.05, 3.63) is 81.4 Å². The number of hydrogen-bond donors (Lipinski definition) is 2. The van der Waals surface area contributed by atoms with Crippen molar-refractivity contribution < 1.29 is 22.3 Å². The van der Waals surface area contributed by atoms with E-state index in [9.17, 15) is 22.4 Å². The van der Waals surface area contributed by atoms with Crippen LogP contribution in [0.5, 0.6) is 0 Å². The van der Waals surface area contributed by atoms with Crippen LogP contribution in [0, 0.1) is 5.82 Å². The van der Waals surface area contributed by atoms with E-state index in [2.05, 4.69) is 9.98 Å². The molecule has 0 aliphatic carbocycles. The molecular weight excluding hydrogens is 514 g/mol. The zero-order valence-electron chi connectivity index (χ0n) is 19.5.